The Bertz CT molecular complexity index is 11.5. The summed E-state index contributed by atoms with van der Waals surface area (Å²) >= 11 is 2.03. The second-order valence-corrected chi connectivity index (χ2v) is 0. The van der Waals surface area contributed by atoms with Crippen LogP contribution in [0.1, 0.15) is 0 Å². The van der Waals surface area contributed by atoms with Crippen LogP contribution in [0.3, 0.4) is 0 Å². The predicted octanol–water partition coefficient (Wildman–Crippen LogP) is -6.01. The summed E-state index contributed by atoms with van der Waals surface area (Å²) in [5.74, 6) is 0. The van der Waals surface area contributed by atoms with Gasteiger partial charge in [0, 0.05) is 0 Å². The Morgan fingerprint density at radius 3 is 0.833 bits per heavy atom. The zero-order chi connectivity index (χ0) is 2.00. The van der Waals surface area contributed by atoms with Gasteiger partial charge in [-0.05, 0) is 0 Å². The first-order chi connectivity index (χ1) is 1.00. The maximum atomic E-state index is 2.03. The van der Waals surface area contributed by atoms with Gasteiger partial charge < -0.3 is 39.7 Å². The van der Waals surface area contributed by atoms with Gasteiger partial charge in [0.05, 0.1) is 0 Å². The predicted molar refractivity (Wildman–Crippen MR) is 21.4 cm³/mol. The van der Waals surface area contributed by atoms with Crippen LogP contribution in [0.4, 0.5) is 0 Å². The maximum absolute atomic E-state index is 2.03. The molecule has 0 atom stereocenters. The summed E-state index contributed by atoms with van der Waals surface area (Å²) in [6.07, 6.45) is 0. The summed E-state index contributed by atoms with van der Waals surface area (Å²) < 4.78 is 0. The van der Waals surface area contributed by atoms with E-state index in [9.17, 15) is 0 Å². The molecular formula is C2H8Cl2SiTi-2. The molecule has 0 aromatic heterocycles. The summed E-state index contributed by atoms with van der Waals surface area (Å²) in [6, 6.07) is 0. The third-order valence-electron chi connectivity index (χ3n) is 0. The van der Waals surface area contributed by atoms with Crippen molar-refractivity contribution in [2.45, 2.75) is 0 Å². The van der Waals surface area contributed by atoms with Gasteiger partial charge in [-0.25, -0.2) is 0 Å². The van der Waals surface area contributed by atoms with Crippen LogP contribution in [0.5, 0.6) is 0 Å². The molecule has 0 aliphatic heterocycles. The topological polar surface area (TPSA) is 0 Å². The molecule has 0 saturated carbocycles. The standard InChI is InChI=1S/2CH3.2ClH.H2Si.Ti/h2*1H3;2*1H;1H2;/q2*-1;;;;+2/p-2. The Morgan fingerprint density at radius 1 is 0.833 bits per heavy atom. The SMILES string of the molecule is [CH3-].[CH3-].[Cl-].[Cl-].[SiH2]=[Ti+2]. The molecule has 0 radical (unpaired) electrons. The van der Waals surface area contributed by atoms with Crippen LogP contribution in [0.15, 0.2) is 0 Å². The Balaban J connectivity index is -0.000000000833. The van der Waals surface area contributed by atoms with E-state index in [1.54, 1.807) is 0 Å². The van der Waals surface area contributed by atoms with Gasteiger partial charge in [0.2, 0.25) is 0 Å². The molecule has 0 rings (SSSR count). The van der Waals surface area contributed by atoms with Crippen LogP contribution in [0.2, 0.25) is 0 Å². The van der Waals surface area contributed by atoms with Crippen molar-refractivity contribution in [3.05, 3.63) is 14.9 Å². The third kappa shape index (κ3) is 49.1. The fourth-order valence-corrected chi connectivity index (χ4v) is 0. The van der Waals surface area contributed by atoms with E-state index in [4.69, 9.17) is 0 Å². The molecule has 0 aliphatic carbocycles. The van der Waals surface area contributed by atoms with Crippen molar-refractivity contribution >= 4 is 7.63 Å². The summed E-state index contributed by atoms with van der Waals surface area (Å²) in [5.41, 5.74) is 0. The molecule has 4 heteroatoms. The molecule has 0 unspecified atom stereocenters. The van der Waals surface area contributed by atoms with E-state index in [2.05, 4.69) is 0 Å². The van der Waals surface area contributed by atoms with E-state index in [1.165, 1.54) is 0 Å². The quantitative estimate of drug-likeness (QED) is 0.256. The van der Waals surface area contributed by atoms with E-state index in [-0.39, 0.29) is 39.7 Å². The first kappa shape index (κ1) is 50.5. The van der Waals surface area contributed by atoms with Gasteiger partial charge in [0.1, 0.15) is 0 Å². The molecular weight excluding hydrogens is 171 g/mol. The zero-order valence-corrected chi connectivity index (χ0v) is 8.45. The molecule has 6 heavy (non-hydrogen) atoms. The molecule has 0 N–H and O–H groups in total. The van der Waals surface area contributed by atoms with Gasteiger partial charge in [-0.3, -0.25) is 0 Å². The molecule has 0 fully saturated rings. The van der Waals surface area contributed by atoms with E-state index in [0.29, 0.717) is 0 Å². The van der Waals surface area contributed by atoms with Crippen molar-refractivity contribution in [3.63, 3.8) is 0 Å². The van der Waals surface area contributed by atoms with E-state index in [1.807, 2.05) is 26.8 Å². The first-order valence-electron chi connectivity index (χ1n) is 0.354. The van der Waals surface area contributed by atoms with Crippen LogP contribution >= 0.6 is 0 Å². The molecule has 0 heterocycles. The Morgan fingerprint density at radius 2 is 0.833 bits per heavy atom. The van der Waals surface area contributed by atoms with E-state index >= 15 is 0 Å². The van der Waals surface area contributed by atoms with E-state index < -0.39 is 0 Å². The molecule has 40 valence electrons. The average Bonchev–Trinajstić information content (AvgIpc) is 1.00. The van der Waals surface area contributed by atoms with E-state index in [0.717, 1.165) is 0 Å². The minimum atomic E-state index is 0. The van der Waals surface area contributed by atoms with Crippen molar-refractivity contribution in [1.82, 2.24) is 0 Å². The summed E-state index contributed by atoms with van der Waals surface area (Å²) in [5, 5.41) is 0. The molecule has 0 bridgehead atoms. The number of rotatable bonds is 0. The fourth-order valence-electron chi connectivity index (χ4n) is 0. The summed E-state index contributed by atoms with van der Waals surface area (Å²) in [6.45, 7) is 0. The van der Waals surface area contributed by atoms with Crippen LogP contribution in [0.25, 0.3) is 0 Å². The average molecular weight is 179 g/mol. The monoisotopic (exact) mass is 178 g/mol. The molecule has 0 nitrogen and oxygen atoms in total. The number of hydrogen-bond acceptors (Lipinski definition) is 0. The van der Waals surface area contributed by atoms with Gasteiger partial charge in [-0.15, -0.1) is 0 Å². The minimum absolute atomic E-state index is 0. The van der Waals surface area contributed by atoms with Crippen LogP contribution < -0.4 is 24.8 Å². The fraction of sp³-hybridized carbons (Fsp3) is 0. The van der Waals surface area contributed by atoms with Gasteiger partial charge in [-0.1, -0.05) is 0 Å². The molecule has 0 aromatic carbocycles. The molecule has 0 aromatic rings. The van der Waals surface area contributed by atoms with Gasteiger partial charge in [0.15, 0.2) is 0 Å². The van der Waals surface area contributed by atoms with Crippen molar-refractivity contribution in [2.75, 3.05) is 0 Å². The first-order valence-corrected chi connectivity index (χ1v) is 4.37. The van der Waals surface area contributed by atoms with Crippen LogP contribution in [-0.4, -0.2) is 7.63 Å². The van der Waals surface area contributed by atoms with Gasteiger partial charge in [-0.2, -0.15) is 0 Å². The Hall–Kier alpha value is 1.51. The Labute approximate surface area is 66.3 Å². The van der Waals surface area contributed by atoms with Crippen molar-refractivity contribution in [2.24, 2.45) is 0 Å². The normalized spacial score (nSPS) is 1.00. The second-order valence-electron chi connectivity index (χ2n) is 0. The molecule has 0 aliphatic rings. The Kier molecular flexibility index (Phi) is 729. The number of halogens is 2. The van der Waals surface area contributed by atoms with Crippen molar-refractivity contribution < 1.29 is 44.0 Å². The van der Waals surface area contributed by atoms with Gasteiger partial charge >= 0.3 is 26.8 Å². The molecule has 0 amide bonds. The molecule has 0 spiro atoms. The zero-order valence-electron chi connectivity index (χ0n) is 3.96. The van der Waals surface area contributed by atoms with Crippen LogP contribution in [-0.2, 0) is 19.2 Å². The second kappa shape index (κ2) is 86.6. The number of hydrogen-bond donors (Lipinski definition) is 0. The molecule has 0 saturated heterocycles. The summed E-state index contributed by atoms with van der Waals surface area (Å²) in [7, 11) is 1.86. The third-order valence-corrected chi connectivity index (χ3v) is 0. The van der Waals surface area contributed by atoms with Crippen molar-refractivity contribution in [3.8, 4) is 0 Å². The van der Waals surface area contributed by atoms with Crippen LogP contribution in [0, 0.1) is 14.9 Å². The van der Waals surface area contributed by atoms with Crippen molar-refractivity contribution in [1.29, 1.82) is 0 Å². The summed E-state index contributed by atoms with van der Waals surface area (Å²) in [4.78, 5) is 0. The van der Waals surface area contributed by atoms with Gasteiger partial charge in [0.25, 0.3) is 0 Å².